The van der Waals surface area contributed by atoms with Crippen molar-refractivity contribution in [3.63, 3.8) is 0 Å². The summed E-state index contributed by atoms with van der Waals surface area (Å²) in [4.78, 5) is 12.1. The van der Waals surface area contributed by atoms with Crippen LogP contribution in [0.4, 0.5) is 10.8 Å². The largest absolute Gasteiger partial charge is 0.497 e. The van der Waals surface area contributed by atoms with Crippen molar-refractivity contribution in [3.05, 3.63) is 59.7 Å². The monoisotopic (exact) mass is 414 g/mol. The molecular weight excluding hydrogens is 392 g/mol. The van der Waals surface area contributed by atoms with Gasteiger partial charge in [-0.25, -0.2) is 0 Å². The molecule has 1 heterocycles. The van der Waals surface area contributed by atoms with Crippen LogP contribution in [0.15, 0.2) is 52.9 Å². The maximum absolute atomic E-state index is 12.1. The summed E-state index contributed by atoms with van der Waals surface area (Å²) < 4.78 is 5.96. The highest BCUT2D eigenvalue weighted by Crippen LogP contribution is 2.28. The summed E-state index contributed by atoms with van der Waals surface area (Å²) in [6.07, 6.45) is 0.830. The van der Waals surface area contributed by atoms with E-state index in [0.717, 1.165) is 22.2 Å². The van der Waals surface area contributed by atoms with Crippen LogP contribution < -0.4 is 15.4 Å². The molecule has 0 aliphatic carbocycles. The molecule has 0 saturated carbocycles. The van der Waals surface area contributed by atoms with Crippen molar-refractivity contribution in [3.8, 4) is 5.75 Å². The van der Waals surface area contributed by atoms with Crippen molar-refractivity contribution in [2.75, 3.05) is 24.7 Å². The van der Waals surface area contributed by atoms with E-state index in [9.17, 15) is 4.79 Å². The molecule has 0 unspecified atom stereocenters. The van der Waals surface area contributed by atoms with Gasteiger partial charge in [0.25, 0.3) is 0 Å². The van der Waals surface area contributed by atoms with Crippen LogP contribution in [0.25, 0.3) is 0 Å². The fourth-order valence-electron chi connectivity index (χ4n) is 2.55. The number of aromatic nitrogens is 2. The second-order valence-electron chi connectivity index (χ2n) is 6.05. The second-order valence-corrected chi connectivity index (χ2v) is 8.25. The molecule has 2 N–H and O–H groups in total. The van der Waals surface area contributed by atoms with Gasteiger partial charge in [-0.05, 0) is 36.6 Å². The first-order valence-corrected chi connectivity index (χ1v) is 10.6. The van der Waals surface area contributed by atoms with E-state index in [-0.39, 0.29) is 5.91 Å². The fourth-order valence-corrected chi connectivity index (χ4v) is 4.15. The molecule has 0 spiro atoms. The summed E-state index contributed by atoms with van der Waals surface area (Å²) in [5.74, 6) is 1.09. The van der Waals surface area contributed by atoms with Crippen LogP contribution in [-0.2, 0) is 11.2 Å². The summed E-state index contributed by atoms with van der Waals surface area (Å²) in [6, 6.07) is 15.8. The normalized spacial score (nSPS) is 10.5. The van der Waals surface area contributed by atoms with Gasteiger partial charge >= 0.3 is 0 Å². The standard InChI is InChI=1S/C20H22N4O2S2/c1-14-6-3-4-7-15(14)10-11-21-18(25)13-27-20-24-23-19(28-20)22-16-8-5-9-17(12-16)26-2/h3-9,12H,10-11,13H2,1-2H3,(H,21,25)(H,22,23). The predicted molar refractivity (Wildman–Crippen MR) is 115 cm³/mol. The third-order valence-corrected chi connectivity index (χ3v) is 6.00. The molecule has 1 aromatic heterocycles. The predicted octanol–water partition coefficient (Wildman–Crippen LogP) is 4.05. The van der Waals surface area contributed by atoms with Crippen LogP contribution in [0.5, 0.6) is 5.75 Å². The van der Waals surface area contributed by atoms with Crippen LogP contribution in [0.3, 0.4) is 0 Å². The summed E-state index contributed by atoms with van der Waals surface area (Å²) >= 11 is 2.80. The number of ether oxygens (including phenoxy) is 1. The first kappa shape index (κ1) is 20.2. The van der Waals surface area contributed by atoms with Gasteiger partial charge in [-0.3, -0.25) is 4.79 Å². The lowest BCUT2D eigenvalue weighted by Gasteiger charge is -2.06. The highest BCUT2D eigenvalue weighted by Gasteiger charge is 2.09. The maximum atomic E-state index is 12.1. The van der Waals surface area contributed by atoms with E-state index in [4.69, 9.17) is 4.74 Å². The fraction of sp³-hybridized carbons (Fsp3) is 0.250. The molecule has 28 heavy (non-hydrogen) atoms. The Morgan fingerprint density at radius 1 is 1.18 bits per heavy atom. The lowest BCUT2D eigenvalue weighted by molar-refractivity contribution is -0.118. The molecule has 0 atom stereocenters. The van der Waals surface area contributed by atoms with Crippen molar-refractivity contribution in [1.29, 1.82) is 0 Å². The van der Waals surface area contributed by atoms with Crippen molar-refractivity contribution in [2.24, 2.45) is 0 Å². The number of amides is 1. The van der Waals surface area contributed by atoms with Crippen molar-refractivity contribution < 1.29 is 9.53 Å². The van der Waals surface area contributed by atoms with Crippen molar-refractivity contribution in [1.82, 2.24) is 15.5 Å². The lowest BCUT2D eigenvalue weighted by atomic mass is 10.1. The van der Waals surface area contributed by atoms with E-state index in [1.165, 1.54) is 34.2 Å². The number of nitrogens with zero attached hydrogens (tertiary/aromatic N) is 2. The van der Waals surface area contributed by atoms with E-state index in [1.54, 1.807) is 7.11 Å². The van der Waals surface area contributed by atoms with Gasteiger partial charge in [0.2, 0.25) is 11.0 Å². The first-order chi connectivity index (χ1) is 13.6. The zero-order valence-electron chi connectivity index (χ0n) is 15.8. The second kappa shape index (κ2) is 10.1. The highest BCUT2D eigenvalue weighted by molar-refractivity contribution is 8.01. The van der Waals surface area contributed by atoms with Gasteiger partial charge in [0.15, 0.2) is 4.34 Å². The van der Waals surface area contributed by atoms with Gasteiger partial charge in [0, 0.05) is 18.3 Å². The number of hydrogen-bond acceptors (Lipinski definition) is 7. The van der Waals surface area contributed by atoms with Gasteiger partial charge < -0.3 is 15.4 Å². The molecule has 146 valence electrons. The Balaban J connectivity index is 1.42. The third kappa shape index (κ3) is 5.97. The first-order valence-electron chi connectivity index (χ1n) is 8.82. The van der Waals surface area contributed by atoms with E-state index in [0.29, 0.717) is 17.4 Å². The van der Waals surface area contributed by atoms with Gasteiger partial charge in [0.1, 0.15) is 5.75 Å². The highest BCUT2D eigenvalue weighted by atomic mass is 32.2. The molecular formula is C20H22N4O2S2. The number of carbonyl (C=O) groups is 1. The van der Waals surface area contributed by atoms with E-state index in [1.807, 2.05) is 36.4 Å². The number of carbonyl (C=O) groups excluding carboxylic acids is 1. The van der Waals surface area contributed by atoms with Gasteiger partial charge in [0.05, 0.1) is 12.9 Å². The number of benzene rings is 2. The Labute approximate surface area is 172 Å². The molecule has 0 radical (unpaired) electrons. The minimum atomic E-state index is -0.00362. The van der Waals surface area contributed by atoms with Gasteiger partial charge in [-0.2, -0.15) is 0 Å². The van der Waals surface area contributed by atoms with Crippen molar-refractivity contribution in [2.45, 2.75) is 17.7 Å². The SMILES string of the molecule is COc1cccc(Nc2nnc(SCC(=O)NCCc3ccccc3C)s2)c1. The van der Waals surface area contributed by atoms with Crippen LogP contribution >= 0.6 is 23.1 Å². The van der Waals surface area contributed by atoms with Crippen LogP contribution in [0, 0.1) is 6.92 Å². The molecule has 3 rings (SSSR count). The number of thioether (sulfide) groups is 1. The Hall–Kier alpha value is -2.58. The maximum Gasteiger partial charge on any atom is 0.230 e. The van der Waals surface area contributed by atoms with E-state index in [2.05, 4.69) is 39.9 Å². The Kier molecular flexibility index (Phi) is 7.27. The molecule has 0 bridgehead atoms. The average molecular weight is 415 g/mol. The van der Waals surface area contributed by atoms with Crippen molar-refractivity contribution >= 4 is 39.8 Å². The molecule has 1 amide bonds. The van der Waals surface area contributed by atoms with Crippen LogP contribution in [-0.4, -0.2) is 35.5 Å². The molecule has 0 aliphatic heterocycles. The molecule has 8 heteroatoms. The number of nitrogens with one attached hydrogen (secondary N) is 2. The van der Waals surface area contributed by atoms with E-state index < -0.39 is 0 Å². The topological polar surface area (TPSA) is 76.1 Å². The summed E-state index contributed by atoms with van der Waals surface area (Å²) in [5.41, 5.74) is 3.38. The van der Waals surface area contributed by atoms with Crippen LogP contribution in [0.2, 0.25) is 0 Å². The van der Waals surface area contributed by atoms with Crippen LogP contribution in [0.1, 0.15) is 11.1 Å². The van der Waals surface area contributed by atoms with Gasteiger partial charge in [-0.1, -0.05) is 53.4 Å². The number of rotatable bonds is 9. The Bertz CT molecular complexity index is 930. The molecule has 2 aromatic carbocycles. The minimum absolute atomic E-state index is 0.00362. The molecule has 0 aliphatic rings. The zero-order valence-corrected chi connectivity index (χ0v) is 17.4. The number of anilines is 2. The number of methoxy groups -OCH3 is 1. The number of hydrogen-bond donors (Lipinski definition) is 2. The molecule has 6 nitrogen and oxygen atoms in total. The molecule has 3 aromatic rings. The van der Waals surface area contributed by atoms with E-state index >= 15 is 0 Å². The summed E-state index contributed by atoms with van der Waals surface area (Å²) in [6.45, 7) is 2.71. The average Bonchev–Trinajstić information content (AvgIpc) is 3.15. The lowest BCUT2D eigenvalue weighted by Crippen LogP contribution is -2.27. The number of aryl methyl sites for hydroxylation is 1. The zero-order chi connectivity index (χ0) is 19.8. The Morgan fingerprint density at radius 2 is 2.04 bits per heavy atom. The smallest absolute Gasteiger partial charge is 0.230 e. The molecule has 0 fully saturated rings. The summed E-state index contributed by atoms with van der Waals surface area (Å²) in [7, 11) is 1.63. The minimum Gasteiger partial charge on any atom is -0.497 e. The quantitative estimate of drug-likeness (QED) is 0.515. The van der Waals surface area contributed by atoms with Gasteiger partial charge in [-0.15, -0.1) is 10.2 Å². The molecule has 0 saturated heterocycles. The Morgan fingerprint density at radius 3 is 2.86 bits per heavy atom. The summed E-state index contributed by atoms with van der Waals surface area (Å²) in [5, 5.41) is 15.1. The third-order valence-electron chi connectivity index (χ3n) is 4.03.